The molecule has 0 aromatic carbocycles. The summed E-state index contributed by atoms with van der Waals surface area (Å²) in [7, 11) is 0. The number of nitrogens with zero attached hydrogens (tertiary/aromatic N) is 4. The van der Waals surface area contributed by atoms with Gasteiger partial charge in [-0.25, -0.2) is 0 Å². The van der Waals surface area contributed by atoms with Crippen molar-refractivity contribution in [3.8, 4) is 11.3 Å². The summed E-state index contributed by atoms with van der Waals surface area (Å²) in [6.07, 6.45) is 2.17. The molecule has 0 unspecified atom stereocenters. The Morgan fingerprint density at radius 1 is 1.03 bits per heavy atom. The van der Waals surface area contributed by atoms with Gasteiger partial charge in [0.25, 0.3) is 5.91 Å². The first-order valence-corrected chi connectivity index (χ1v) is 10.8. The minimum Gasteiger partial charge on any atom is -0.338 e. The minimum absolute atomic E-state index is 0.0453. The van der Waals surface area contributed by atoms with Gasteiger partial charge in [-0.2, -0.15) is 13.2 Å². The second kappa shape index (κ2) is 8.57. The summed E-state index contributed by atoms with van der Waals surface area (Å²) in [5.74, 6) is -0.0453. The van der Waals surface area contributed by atoms with Crippen molar-refractivity contribution in [2.24, 2.45) is 0 Å². The number of halogens is 3. The third kappa shape index (κ3) is 4.59. The second-order valence-electron chi connectivity index (χ2n) is 8.51. The molecule has 0 atom stereocenters. The molecule has 0 aliphatic carbocycles. The van der Waals surface area contributed by atoms with Gasteiger partial charge in [0.1, 0.15) is 0 Å². The van der Waals surface area contributed by atoms with E-state index < -0.39 is 11.7 Å². The molecule has 0 radical (unpaired) electrons. The van der Waals surface area contributed by atoms with Crippen molar-refractivity contribution in [2.45, 2.75) is 51.7 Å². The lowest BCUT2D eigenvalue weighted by atomic mass is 9.99. The van der Waals surface area contributed by atoms with Gasteiger partial charge in [0.15, 0.2) is 0 Å². The van der Waals surface area contributed by atoms with Crippen molar-refractivity contribution in [1.82, 2.24) is 19.8 Å². The molecule has 2 saturated heterocycles. The molecule has 0 saturated carbocycles. The number of amides is 1. The molecule has 4 rings (SSSR count). The highest BCUT2D eigenvalue weighted by atomic mass is 19.4. The van der Waals surface area contributed by atoms with Crippen LogP contribution in [-0.4, -0.2) is 57.9 Å². The molecule has 2 aromatic heterocycles. The molecule has 1 amide bonds. The summed E-state index contributed by atoms with van der Waals surface area (Å²) in [6, 6.07) is 3.27. The lowest BCUT2D eigenvalue weighted by molar-refractivity contribution is -0.137. The van der Waals surface area contributed by atoms with Gasteiger partial charge in [-0.05, 0) is 70.3 Å². The number of aromatic nitrogens is 2. The smallest absolute Gasteiger partial charge is 0.338 e. The number of hydrogen-bond acceptors (Lipinski definition) is 4. The molecule has 2 aromatic rings. The zero-order chi connectivity index (χ0) is 22.2. The van der Waals surface area contributed by atoms with Crippen molar-refractivity contribution in [2.75, 3.05) is 26.2 Å². The van der Waals surface area contributed by atoms with Crippen LogP contribution in [0.4, 0.5) is 13.2 Å². The number of carbonyl (C=O) groups excluding carboxylic acids is 1. The van der Waals surface area contributed by atoms with E-state index in [1.165, 1.54) is 19.0 Å². The number of piperidine rings is 1. The van der Waals surface area contributed by atoms with Crippen LogP contribution in [0.1, 0.15) is 52.9 Å². The first-order chi connectivity index (χ1) is 14.7. The zero-order valence-corrected chi connectivity index (χ0v) is 17.9. The van der Waals surface area contributed by atoms with Gasteiger partial charge in [0, 0.05) is 37.1 Å². The zero-order valence-electron chi connectivity index (χ0n) is 17.9. The summed E-state index contributed by atoms with van der Waals surface area (Å²) in [5.41, 5.74) is 1.64. The molecule has 0 spiro atoms. The summed E-state index contributed by atoms with van der Waals surface area (Å²) >= 11 is 0. The SMILES string of the molecule is Cc1cc(-c2cncc(C(F)(F)F)c2)nc(C)c1C(=O)N1CCC(N2CCCC2)CC1. The number of pyridine rings is 2. The van der Waals surface area contributed by atoms with Gasteiger partial charge >= 0.3 is 6.18 Å². The fourth-order valence-corrected chi connectivity index (χ4v) is 4.74. The predicted octanol–water partition coefficient (Wildman–Crippen LogP) is 4.48. The van der Waals surface area contributed by atoms with E-state index in [0.29, 0.717) is 28.6 Å². The summed E-state index contributed by atoms with van der Waals surface area (Å²) in [4.78, 5) is 25.8. The fraction of sp³-hybridized carbons (Fsp3) is 0.522. The summed E-state index contributed by atoms with van der Waals surface area (Å²) in [6.45, 7) is 7.31. The average Bonchev–Trinajstić information content (AvgIpc) is 3.27. The molecule has 0 bridgehead atoms. The van der Waals surface area contributed by atoms with E-state index in [0.717, 1.165) is 51.3 Å². The highest BCUT2D eigenvalue weighted by Crippen LogP contribution is 2.32. The molecule has 2 aliphatic heterocycles. The topological polar surface area (TPSA) is 49.3 Å². The van der Waals surface area contributed by atoms with Crippen LogP contribution in [-0.2, 0) is 6.18 Å². The van der Waals surface area contributed by atoms with E-state index in [-0.39, 0.29) is 11.5 Å². The van der Waals surface area contributed by atoms with Crippen molar-refractivity contribution in [1.29, 1.82) is 0 Å². The van der Waals surface area contributed by atoms with Gasteiger partial charge < -0.3 is 9.80 Å². The minimum atomic E-state index is -4.47. The van der Waals surface area contributed by atoms with E-state index in [4.69, 9.17) is 0 Å². The number of carbonyl (C=O) groups is 1. The quantitative estimate of drug-likeness (QED) is 0.718. The third-order valence-corrected chi connectivity index (χ3v) is 6.38. The van der Waals surface area contributed by atoms with Crippen LogP contribution in [0.2, 0.25) is 0 Å². The van der Waals surface area contributed by atoms with Crippen LogP contribution >= 0.6 is 0 Å². The first kappa shape index (κ1) is 21.7. The van der Waals surface area contributed by atoms with Crippen LogP contribution in [0.5, 0.6) is 0 Å². The van der Waals surface area contributed by atoms with E-state index in [1.807, 2.05) is 11.8 Å². The van der Waals surface area contributed by atoms with Gasteiger partial charge in [-0.3, -0.25) is 14.8 Å². The van der Waals surface area contributed by atoms with Crippen LogP contribution in [0.3, 0.4) is 0 Å². The number of aryl methyl sites for hydroxylation is 2. The predicted molar refractivity (Wildman–Crippen MR) is 112 cm³/mol. The maximum atomic E-state index is 13.2. The highest BCUT2D eigenvalue weighted by Gasteiger charge is 2.32. The number of alkyl halides is 3. The maximum absolute atomic E-state index is 13.2. The van der Waals surface area contributed by atoms with E-state index in [9.17, 15) is 18.0 Å². The lowest BCUT2D eigenvalue weighted by Gasteiger charge is -2.37. The van der Waals surface area contributed by atoms with Crippen molar-refractivity contribution >= 4 is 5.91 Å². The van der Waals surface area contributed by atoms with Crippen LogP contribution in [0.15, 0.2) is 24.5 Å². The Morgan fingerprint density at radius 2 is 1.71 bits per heavy atom. The molecule has 166 valence electrons. The van der Waals surface area contributed by atoms with Crippen molar-refractivity contribution < 1.29 is 18.0 Å². The van der Waals surface area contributed by atoms with E-state index in [2.05, 4.69) is 14.9 Å². The molecule has 4 heterocycles. The van der Waals surface area contributed by atoms with Gasteiger partial charge in [0.2, 0.25) is 0 Å². The summed E-state index contributed by atoms with van der Waals surface area (Å²) < 4.78 is 39.1. The molecule has 2 aliphatic rings. The van der Waals surface area contributed by atoms with Gasteiger partial charge in [0.05, 0.1) is 22.5 Å². The Balaban J connectivity index is 1.52. The Labute approximate surface area is 180 Å². The van der Waals surface area contributed by atoms with Crippen LogP contribution < -0.4 is 0 Å². The van der Waals surface area contributed by atoms with Crippen molar-refractivity contribution in [3.05, 3.63) is 46.9 Å². The molecule has 2 fully saturated rings. The number of hydrogen-bond donors (Lipinski definition) is 0. The molecule has 31 heavy (non-hydrogen) atoms. The standard InChI is InChI=1S/C23H27F3N4O/c1-15-11-20(17-12-18(14-27-13-17)23(24,25)26)28-16(2)21(15)22(31)30-9-5-19(6-10-30)29-7-3-4-8-29/h11-14,19H,3-10H2,1-2H3. The molecule has 5 nitrogen and oxygen atoms in total. The largest absolute Gasteiger partial charge is 0.417 e. The number of likely N-dealkylation sites (tertiary alicyclic amines) is 2. The normalized spacial score (nSPS) is 18.5. The Morgan fingerprint density at radius 3 is 2.32 bits per heavy atom. The molecular formula is C23H27F3N4O. The van der Waals surface area contributed by atoms with Crippen molar-refractivity contribution in [3.63, 3.8) is 0 Å². The number of rotatable bonds is 3. The Bertz CT molecular complexity index is 939. The highest BCUT2D eigenvalue weighted by molar-refractivity contribution is 5.97. The second-order valence-corrected chi connectivity index (χ2v) is 8.51. The Kier molecular flexibility index (Phi) is 6.01. The van der Waals surface area contributed by atoms with Crippen LogP contribution in [0.25, 0.3) is 11.3 Å². The third-order valence-electron chi connectivity index (χ3n) is 6.38. The van der Waals surface area contributed by atoms with E-state index in [1.54, 1.807) is 13.0 Å². The first-order valence-electron chi connectivity index (χ1n) is 10.8. The maximum Gasteiger partial charge on any atom is 0.417 e. The monoisotopic (exact) mass is 432 g/mol. The lowest BCUT2D eigenvalue weighted by Crippen LogP contribution is -2.46. The average molecular weight is 432 g/mol. The molecule has 8 heteroatoms. The van der Waals surface area contributed by atoms with Gasteiger partial charge in [-0.15, -0.1) is 0 Å². The van der Waals surface area contributed by atoms with Gasteiger partial charge in [-0.1, -0.05) is 0 Å². The fourth-order valence-electron chi connectivity index (χ4n) is 4.74. The summed E-state index contributed by atoms with van der Waals surface area (Å²) in [5, 5.41) is 0. The van der Waals surface area contributed by atoms with Crippen LogP contribution in [0, 0.1) is 13.8 Å². The Hall–Kier alpha value is -2.48. The molecular weight excluding hydrogens is 405 g/mol. The van der Waals surface area contributed by atoms with E-state index >= 15 is 0 Å². The molecule has 0 N–H and O–H groups in total.